The molecule has 2 rings (SSSR count). The molecule has 1 aromatic carbocycles. The minimum Gasteiger partial charge on any atom is -0.345 e. The predicted octanol–water partition coefficient (Wildman–Crippen LogP) is 3.31. The highest BCUT2D eigenvalue weighted by atomic mass is 32.1. The molecule has 0 saturated carbocycles. The second-order valence-corrected chi connectivity index (χ2v) is 6.80. The number of nitrogens with zero attached hydrogens (tertiary/aromatic N) is 1. The van der Waals surface area contributed by atoms with E-state index >= 15 is 0 Å². The molecule has 6 nitrogen and oxygen atoms in total. The second-order valence-electron chi connectivity index (χ2n) is 5.87. The zero-order chi connectivity index (χ0) is 17.6. The first kappa shape index (κ1) is 17.9. The number of aromatic nitrogens is 1. The number of urea groups is 1. The molecule has 128 valence electrons. The topological polar surface area (TPSA) is 83.1 Å². The van der Waals surface area contributed by atoms with Crippen molar-refractivity contribution >= 4 is 29.0 Å². The van der Waals surface area contributed by atoms with Gasteiger partial charge in [-0.1, -0.05) is 25.1 Å². The molecule has 0 bridgehead atoms. The number of rotatable bonds is 6. The van der Waals surface area contributed by atoms with Crippen LogP contribution in [0.1, 0.15) is 38.2 Å². The van der Waals surface area contributed by atoms with Crippen LogP contribution in [0.15, 0.2) is 41.9 Å². The number of benzene rings is 1. The molecule has 0 aliphatic rings. The first-order valence-corrected chi connectivity index (χ1v) is 8.65. The molecule has 0 unspecified atom stereocenters. The standard InChI is InChI=1S/C17H22N4O2S/c1-4-13(14-18-10-11-24-14)20-15(22)17(2,3)21-16(23)19-12-8-6-5-7-9-12/h5-11,13H,4H2,1-3H3,(H,20,22)(H2,19,21,23)/t13-/m1/s1. The minimum absolute atomic E-state index is 0.157. The van der Waals surface area contributed by atoms with E-state index < -0.39 is 11.6 Å². The molecule has 0 spiro atoms. The molecule has 0 aliphatic carbocycles. The lowest BCUT2D eigenvalue weighted by molar-refractivity contribution is -0.126. The summed E-state index contributed by atoms with van der Waals surface area (Å²) in [5.74, 6) is -0.257. The van der Waals surface area contributed by atoms with Crippen LogP contribution in [0.4, 0.5) is 10.5 Å². The van der Waals surface area contributed by atoms with Gasteiger partial charge < -0.3 is 16.0 Å². The molecule has 3 amide bonds. The van der Waals surface area contributed by atoms with Crippen molar-refractivity contribution in [3.05, 3.63) is 46.9 Å². The molecular weight excluding hydrogens is 324 g/mol. The first-order valence-electron chi connectivity index (χ1n) is 7.77. The third-order valence-corrected chi connectivity index (χ3v) is 4.38. The lowest BCUT2D eigenvalue weighted by Crippen LogP contribution is -2.56. The lowest BCUT2D eigenvalue weighted by atomic mass is 10.0. The van der Waals surface area contributed by atoms with Crippen LogP contribution in [0.2, 0.25) is 0 Å². The fourth-order valence-electron chi connectivity index (χ4n) is 2.11. The second kappa shape index (κ2) is 7.92. The number of carbonyl (C=O) groups excluding carboxylic acids is 2. The van der Waals surface area contributed by atoms with Gasteiger partial charge in [0.2, 0.25) is 5.91 Å². The van der Waals surface area contributed by atoms with Gasteiger partial charge >= 0.3 is 6.03 Å². The van der Waals surface area contributed by atoms with Gasteiger partial charge in [0.05, 0.1) is 6.04 Å². The van der Waals surface area contributed by atoms with E-state index in [0.29, 0.717) is 5.69 Å². The van der Waals surface area contributed by atoms with Crippen LogP contribution in [0.25, 0.3) is 0 Å². The summed E-state index contributed by atoms with van der Waals surface area (Å²) in [7, 11) is 0. The maximum Gasteiger partial charge on any atom is 0.320 e. The van der Waals surface area contributed by atoms with Gasteiger partial charge in [0.15, 0.2) is 0 Å². The Labute approximate surface area is 145 Å². The van der Waals surface area contributed by atoms with Crippen LogP contribution in [0.3, 0.4) is 0 Å². The summed E-state index contributed by atoms with van der Waals surface area (Å²) in [6.45, 7) is 5.32. The van der Waals surface area contributed by atoms with Crippen LogP contribution in [0.5, 0.6) is 0 Å². The molecule has 3 N–H and O–H groups in total. The van der Waals surface area contributed by atoms with E-state index in [9.17, 15) is 9.59 Å². The smallest absolute Gasteiger partial charge is 0.320 e. The Balaban J connectivity index is 1.95. The summed E-state index contributed by atoms with van der Waals surface area (Å²) in [4.78, 5) is 28.9. The van der Waals surface area contributed by atoms with Crippen LogP contribution < -0.4 is 16.0 Å². The van der Waals surface area contributed by atoms with Gasteiger partial charge in [-0.3, -0.25) is 4.79 Å². The SMILES string of the molecule is CC[C@@H](NC(=O)C(C)(C)NC(=O)Nc1ccccc1)c1nccs1. The van der Waals surface area contributed by atoms with Gasteiger partial charge in [-0.15, -0.1) is 11.3 Å². The third-order valence-electron chi connectivity index (χ3n) is 3.49. The molecular formula is C17H22N4O2S. The van der Waals surface area contributed by atoms with E-state index in [1.807, 2.05) is 30.5 Å². The number of amides is 3. The van der Waals surface area contributed by atoms with E-state index in [0.717, 1.165) is 11.4 Å². The van der Waals surface area contributed by atoms with Gasteiger partial charge in [-0.25, -0.2) is 9.78 Å². The molecule has 1 atom stereocenters. The Hall–Kier alpha value is -2.41. The van der Waals surface area contributed by atoms with Crippen LogP contribution in [-0.4, -0.2) is 22.5 Å². The molecule has 0 fully saturated rings. The zero-order valence-corrected chi connectivity index (χ0v) is 14.8. The summed E-state index contributed by atoms with van der Waals surface area (Å²) in [6.07, 6.45) is 2.44. The van der Waals surface area contributed by atoms with Crippen molar-refractivity contribution in [2.45, 2.75) is 38.8 Å². The fraction of sp³-hybridized carbons (Fsp3) is 0.353. The van der Waals surface area contributed by atoms with Crippen molar-refractivity contribution in [3.8, 4) is 0 Å². The maximum absolute atomic E-state index is 12.5. The van der Waals surface area contributed by atoms with E-state index in [-0.39, 0.29) is 11.9 Å². The fourth-order valence-corrected chi connectivity index (χ4v) is 2.88. The van der Waals surface area contributed by atoms with Gasteiger partial charge in [0, 0.05) is 17.3 Å². The van der Waals surface area contributed by atoms with Gasteiger partial charge in [0.25, 0.3) is 0 Å². The Kier molecular flexibility index (Phi) is 5.92. The normalized spacial score (nSPS) is 12.3. The molecule has 2 aromatic rings. The number of para-hydroxylation sites is 1. The highest BCUT2D eigenvalue weighted by molar-refractivity contribution is 7.09. The van der Waals surface area contributed by atoms with Crippen LogP contribution in [0, 0.1) is 0 Å². The Bertz CT molecular complexity index is 671. The molecule has 0 radical (unpaired) electrons. The first-order chi connectivity index (χ1) is 11.4. The maximum atomic E-state index is 12.5. The Morgan fingerprint density at radius 2 is 1.96 bits per heavy atom. The summed E-state index contributed by atoms with van der Waals surface area (Å²) in [6, 6.07) is 8.49. The Morgan fingerprint density at radius 3 is 2.54 bits per heavy atom. The molecule has 1 heterocycles. The average molecular weight is 346 g/mol. The minimum atomic E-state index is -1.05. The monoisotopic (exact) mass is 346 g/mol. The molecule has 1 aromatic heterocycles. The van der Waals surface area contributed by atoms with Crippen molar-refractivity contribution in [3.63, 3.8) is 0 Å². The van der Waals surface area contributed by atoms with Crippen molar-refractivity contribution < 1.29 is 9.59 Å². The van der Waals surface area contributed by atoms with Gasteiger partial charge in [0.1, 0.15) is 10.5 Å². The van der Waals surface area contributed by atoms with Crippen molar-refractivity contribution in [2.75, 3.05) is 5.32 Å². The number of thiazole rings is 1. The van der Waals surface area contributed by atoms with Gasteiger partial charge in [-0.2, -0.15) is 0 Å². The van der Waals surface area contributed by atoms with E-state index in [2.05, 4.69) is 20.9 Å². The number of hydrogen-bond donors (Lipinski definition) is 3. The molecule has 7 heteroatoms. The van der Waals surface area contributed by atoms with E-state index in [1.165, 1.54) is 11.3 Å². The van der Waals surface area contributed by atoms with Gasteiger partial charge in [-0.05, 0) is 32.4 Å². The van der Waals surface area contributed by atoms with E-state index in [1.54, 1.807) is 32.2 Å². The van der Waals surface area contributed by atoms with E-state index in [4.69, 9.17) is 0 Å². The Morgan fingerprint density at radius 1 is 1.25 bits per heavy atom. The van der Waals surface area contributed by atoms with Crippen molar-refractivity contribution in [1.82, 2.24) is 15.6 Å². The number of hydrogen-bond acceptors (Lipinski definition) is 4. The third kappa shape index (κ3) is 4.79. The summed E-state index contributed by atoms with van der Waals surface area (Å²) < 4.78 is 0. The quantitative estimate of drug-likeness (QED) is 0.750. The highest BCUT2D eigenvalue weighted by Crippen LogP contribution is 2.20. The summed E-state index contributed by atoms with van der Waals surface area (Å²) in [5.41, 5.74) is -0.385. The molecule has 0 aliphatic heterocycles. The number of nitrogens with one attached hydrogen (secondary N) is 3. The number of carbonyl (C=O) groups is 2. The summed E-state index contributed by atoms with van der Waals surface area (Å²) in [5, 5.41) is 11.1. The summed E-state index contributed by atoms with van der Waals surface area (Å²) >= 11 is 1.50. The molecule has 24 heavy (non-hydrogen) atoms. The predicted molar refractivity (Wildman–Crippen MR) is 96.0 cm³/mol. The number of anilines is 1. The van der Waals surface area contributed by atoms with Crippen LogP contribution >= 0.6 is 11.3 Å². The largest absolute Gasteiger partial charge is 0.345 e. The van der Waals surface area contributed by atoms with Crippen molar-refractivity contribution in [2.24, 2.45) is 0 Å². The molecule has 0 saturated heterocycles. The van der Waals surface area contributed by atoms with Crippen LogP contribution in [-0.2, 0) is 4.79 Å². The average Bonchev–Trinajstić information content (AvgIpc) is 3.06. The zero-order valence-electron chi connectivity index (χ0n) is 14.0. The van der Waals surface area contributed by atoms with Crippen molar-refractivity contribution in [1.29, 1.82) is 0 Å². The highest BCUT2D eigenvalue weighted by Gasteiger charge is 2.31. The lowest BCUT2D eigenvalue weighted by Gasteiger charge is -2.27.